The molecule has 1 fully saturated rings. The average molecular weight is 292 g/mol. The van der Waals surface area contributed by atoms with E-state index in [-0.39, 0.29) is 5.91 Å². The average Bonchev–Trinajstić information content (AvgIpc) is 3.13. The lowest BCUT2D eigenvalue weighted by molar-refractivity contribution is -0.121. The van der Waals surface area contributed by atoms with Crippen LogP contribution in [0.4, 0.5) is 0 Å². The van der Waals surface area contributed by atoms with Gasteiger partial charge in [0.05, 0.1) is 0 Å². The Labute approximate surface area is 125 Å². The van der Waals surface area contributed by atoms with Crippen LogP contribution in [0.3, 0.4) is 0 Å². The SMILES string of the molecule is CC(NCCC(=O)NC1CC1)c1cc2c(s1)CCCC2. The number of carbonyl (C=O) groups is 1. The van der Waals surface area contributed by atoms with Gasteiger partial charge in [0.2, 0.25) is 5.91 Å². The second-order valence-corrected chi connectivity index (χ2v) is 7.24. The van der Waals surface area contributed by atoms with Crippen molar-refractivity contribution in [2.24, 2.45) is 0 Å². The van der Waals surface area contributed by atoms with Crippen molar-refractivity contribution in [2.75, 3.05) is 6.54 Å². The number of aryl methyl sites for hydroxylation is 2. The number of thiophene rings is 1. The normalized spacial score (nSPS) is 19.4. The molecule has 0 aliphatic heterocycles. The van der Waals surface area contributed by atoms with Crippen molar-refractivity contribution in [3.8, 4) is 0 Å². The van der Waals surface area contributed by atoms with Gasteiger partial charge in [-0.25, -0.2) is 0 Å². The molecule has 1 aromatic heterocycles. The number of hydrogen-bond acceptors (Lipinski definition) is 3. The van der Waals surface area contributed by atoms with Crippen LogP contribution in [0.25, 0.3) is 0 Å². The molecule has 4 heteroatoms. The molecule has 110 valence electrons. The van der Waals surface area contributed by atoms with Gasteiger partial charge in [0.1, 0.15) is 0 Å². The molecule has 0 bridgehead atoms. The molecule has 1 atom stereocenters. The number of carbonyl (C=O) groups excluding carboxylic acids is 1. The Bertz CT molecular complexity index is 455. The summed E-state index contributed by atoms with van der Waals surface area (Å²) in [5, 5.41) is 6.51. The zero-order valence-corrected chi connectivity index (χ0v) is 13.0. The molecule has 1 saturated carbocycles. The number of hydrogen-bond donors (Lipinski definition) is 2. The predicted octanol–water partition coefficient (Wildman–Crippen LogP) is 2.95. The molecular formula is C16H24N2OS. The minimum atomic E-state index is 0.192. The van der Waals surface area contributed by atoms with Gasteiger partial charge < -0.3 is 10.6 Å². The smallest absolute Gasteiger partial charge is 0.221 e. The highest BCUT2D eigenvalue weighted by atomic mass is 32.1. The van der Waals surface area contributed by atoms with E-state index in [2.05, 4.69) is 23.6 Å². The summed E-state index contributed by atoms with van der Waals surface area (Å²) in [4.78, 5) is 14.6. The summed E-state index contributed by atoms with van der Waals surface area (Å²) in [5.41, 5.74) is 1.57. The maximum Gasteiger partial charge on any atom is 0.221 e. The van der Waals surface area contributed by atoms with E-state index in [1.165, 1.54) is 30.6 Å². The Balaban J connectivity index is 1.44. The minimum absolute atomic E-state index is 0.192. The molecule has 0 radical (unpaired) electrons. The maximum atomic E-state index is 11.6. The molecule has 1 unspecified atom stereocenters. The lowest BCUT2D eigenvalue weighted by Gasteiger charge is -2.11. The van der Waals surface area contributed by atoms with Gasteiger partial charge in [-0.1, -0.05) is 0 Å². The van der Waals surface area contributed by atoms with E-state index in [9.17, 15) is 4.79 Å². The van der Waals surface area contributed by atoms with E-state index in [0.29, 0.717) is 18.5 Å². The van der Waals surface area contributed by atoms with Gasteiger partial charge in [0, 0.05) is 34.8 Å². The summed E-state index contributed by atoms with van der Waals surface area (Å²) in [7, 11) is 0. The Morgan fingerprint density at radius 3 is 2.95 bits per heavy atom. The van der Waals surface area contributed by atoms with E-state index >= 15 is 0 Å². The predicted molar refractivity (Wildman–Crippen MR) is 83.2 cm³/mol. The monoisotopic (exact) mass is 292 g/mol. The summed E-state index contributed by atoms with van der Waals surface area (Å²) in [5.74, 6) is 0.192. The fourth-order valence-corrected chi connectivity index (χ4v) is 4.04. The Morgan fingerprint density at radius 2 is 2.20 bits per heavy atom. The van der Waals surface area contributed by atoms with Gasteiger partial charge in [-0.15, -0.1) is 11.3 Å². The largest absolute Gasteiger partial charge is 0.353 e. The second kappa shape index (κ2) is 6.27. The standard InChI is InChI=1S/C16H24N2OS/c1-11(17-9-8-16(19)18-13-6-7-13)15-10-12-4-2-3-5-14(12)20-15/h10-11,13,17H,2-9H2,1H3,(H,18,19). The lowest BCUT2D eigenvalue weighted by Crippen LogP contribution is -2.29. The van der Waals surface area contributed by atoms with Gasteiger partial charge in [0.25, 0.3) is 0 Å². The molecule has 3 rings (SSSR count). The number of amides is 1. The van der Waals surface area contributed by atoms with E-state index < -0.39 is 0 Å². The quantitative estimate of drug-likeness (QED) is 0.846. The molecule has 3 nitrogen and oxygen atoms in total. The molecule has 2 N–H and O–H groups in total. The highest BCUT2D eigenvalue weighted by Gasteiger charge is 2.23. The van der Waals surface area contributed by atoms with Crippen LogP contribution in [-0.2, 0) is 17.6 Å². The molecule has 0 saturated heterocycles. The first-order valence-electron chi connectivity index (χ1n) is 7.86. The van der Waals surface area contributed by atoms with Gasteiger partial charge >= 0.3 is 0 Å². The molecule has 20 heavy (non-hydrogen) atoms. The van der Waals surface area contributed by atoms with Crippen LogP contribution < -0.4 is 10.6 Å². The maximum absolute atomic E-state index is 11.6. The van der Waals surface area contributed by atoms with Crippen LogP contribution in [0.1, 0.15) is 60.4 Å². The van der Waals surface area contributed by atoms with Gasteiger partial charge in [-0.2, -0.15) is 0 Å². The topological polar surface area (TPSA) is 41.1 Å². The highest BCUT2D eigenvalue weighted by molar-refractivity contribution is 7.12. The molecule has 2 aliphatic rings. The molecule has 0 spiro atoms. The highest BCUT2D eigenvalue weighted by Crippen LogP contribution is 2.32. The fourth-order valence-electron chi connectivity index (χ4n) is 2.76. The van der Waals surface area contributed by atoms with Crippen molar-refractivity contribution in [3.05, 3.63) is 21.4 Å². The summed E-state index contributed by atoms with van der Waals surface area (Å²) in [6, 6.07) is 3.21. The Hall–Kier alpha value is -0.870. The first kappa shape index (κ1) is 14.1. The summed E-state index contributed by atoms with van der Waals surface area (Å²) < 4.78 is 0. The number of rotatable bonds is 6. The summed E-state index contributed by atoms with van der Waals surface area (Å²) in [6.45, 7) is 2.97. The third-order valence-corrected chi connectivity index (χ3v) is 5.61. The first-order chi connectivity index (χ1) is 9.72. The van der Waals surface area contributed by atoms with Crippen LogP contribution in [0.5, 0.6) is 0 Å². The minimum Gasteiger partial charge on any atom is -0.353 e. The van der Waals surface area contributed by atoms with Crippen LogP contribution in [0.15, 0.2) is 6.07 Å². The molecule has 1 amide bonds. The van der Waals surface area contributed by atoms with Gasteiger partial charge in [0.15, 0.2) is 0 Å². The van der Waals surface area contributed by atoms with Crippen molar-refractivity contribution >= 4 is 17.2 Å². The summed E-state index contributed by atoms with van der Waals surface area (Å²) in [6.07, 6.45) is 8.11. The van der Waals surface area contributed by atoms with Crippen molar-refractivity contribution in [1.29, 1.82) is 0 Å². The van der Waals surface area contributed by atoms with E-state index in [4.69, 9.17) is 0 Å². The third-order valence-electron chi connectivity index (χ3n) is 4.19. The van der Waals surface area contributed by atoms with E-state index in [0.717, 1.165) is 19.4 Å². The number of fused-ring (bicyclic) bond motifs is 1. The fraction of sp³-hybridized carbons (Fsp3) is 0.688. The molecule has 0 aromatic carbocycles. The molecule has 2 aliphatic carbocycles. The summed E-state index contributed by atoms with van der Waals surface area (Å²) >= 11 is 1.96. The van der Waals surface area contributed by atoms with Crippen molar-refractivity contribution in [2.45, 2.75) is 64.0 Å². The Kier molecular flexibility index (Phi) is 4.41. The lowest BCUT2D eigenvalue weighted by atomic mass is 9.99. The van der Waals surface area contributed by atoms with Gasteiger partial charge in [-0.3, -0.25) is 4.79 Å². The second-order valence-electron chi connectivity index (χ2n) is 6.07. The molecule has 1 heterocycles. The van der Waals surface area contributed by atoms with Crippen molar-refractivity contribution < 1.29 is 4.79 Å². The third kappa shape index (κ3) is 3.61. The van der Waals surface area contributed by atoms with Crippen LogP contribution in [0.2, 0.25) is 0 Å². The molecular weight excluding hydrogens is 268 g/mol. The zero-order valence-electron chi connectivity index (χ0n) is 12.2. The molecule has 1 aromatic rings. The van der Waals surface area contributed by atoms with Crippen molar-refractivity contribution in [1.82, 2.24) is 10.6 Å². The van der Waals surface area contributed by atoms with Crippen LogP contribution in [0, 0.1) is 0 Å². The van der Waals surface area contributed by atoms with Crippen LogP contribution >= 0.6 is 11.3 Å². The van der Waals surface area contributed by atoms with E-state index in [1.807, 2.05) is 11.3 Å². The van der Waals surface area contributed by atoms with Crippen LogP contribution in [-0.4, -0.2) is 18.5 Å². The number of nitrogens with one attached hydrogen (secondary N) is 2. The van der Waals surface area contributed by atoms with Crippen molar-refractivity contribution in [3.63, 3.8) is 0 Å². The van der Waals surface area contributed by atoms with Gasteiger partial charge in [-0.05, 0) is 57.1 Å². The van der Waals surface area contributed by atoms with E-state index in [1.54, 1.807) is 10.4 Å². The first-order valence-corrected chi connectivity index (χ1v) is 8.68. The zero-order chi connectivity index (χ0) is 13.9. The Morgan fingerprint density at radius 1 is 1.40 bits per heavy atom.